The van der Waals surface area contributed by atoms with E-state index in [0.29, 0.717) is 19.0 Å². The topological polar surface area (TPSA) is 77.9 Å². The normalized spacial score (nSPS) is 19.8. The number of rotatable bonds is 4. The molecule has 1 aliphatic rings. The van der Waals surface area contributed by atoms with Crippen molar-refractivity contribution in [1.82, 2.24) is 8.61 Å². The average Bonchev–Trinajstić information content (AvgIpc) is 2.24. The highest BCUT2D eigenvalue weighted by Crippen LogP contribution is 2.25. The lowest BCUT2D eigenvalue weighted by Gasteiger charge is -2.39. The minimum atomic E-state index is -3.71. The largest absolute Gasteiger partial charge is 0.480 e. The minimum absolute atomic E-state index is 0.468. The van der Waals surface area contributed by atoms with Crippen molar-refractivity contribution in [3.05, 3.63) is 0 Å². The summed E-state index contributed by atoms with van der Waals surface area (Å²) in [6.07, 6.45) is 1.65. The summed E-state index contributed by atoms with van der Waals surface area (Å²) in [5, 5.41) is 8.93. The van der Waals surface area contributed by atoms with Gasteiger partial charge in [-0.2, -0.15) is 17.0 Å². The minimum Gasteiger partial charge on any atom is -0.480 e. The fourth-order valence-corrected chi connectivity index (χ4v) is 4.06. The van der Waals surface area contributed by atoms with E-state index >= 15 is 0 Å². The highest BCUT2D eigenvalue weighted by molar-refractivity contribution is 7.86. The molecule has 0 aromatic carbocycles. The number of carboxylic acids is 1. The molecule has 19 heavy (non-hydrogen) atoms. The maximum atomic E-state index is 12.6. The van der Waals surface area contributed by atoms with Gasteiger partial charge < -0.3 is 5.11 Å². The quantitative estimate of drug-likeness (QED) is 0.843. The standard InChI is InChI=1S/C12H24N2O4S/c1-10-5-7-13(8-6-10)19(17,18)14(9-11(15)16)12(2,3)4/h10H,5-9H2,1-4H3,(H,15,16). The Balaban J connectivity index is 2.96. The zero-order valence-electron chi connectivity index (χ0n) is 12.1. The Morgan fingerprint density at radius 2 is 1.79 bits per heavy atom. The molecular weight excluding hydrogens is 268 g/mol. The molecule has 1 rings (SSSR count). The summed E-state index contributed by atoms with van der Waals surface area (Å²) in [4.78, 5) is 10.9. The second-order valence-electron chi connectivity index (χ2n) is 6.16. The Morgan fingerprint density at radius 3 is 2.16 bits per heavy atom. The van der Waals surface area contributed by atoms with E-state index in [0.717, 1.165) is 17.1 Å². The van der Waals surface area contributed by atoms with Gasteiger partial charge >= 0.3 is 5.97 Å². The molecule has 1 aliphatic heterocycles. The van der Waals surface area contributed by atoms with E-state index in [2.05, 4.69) is 6.92 Å². The zero-order chi connectivity index (χ0) is 14.8. The first-order valence-corrected chi connectivity index (χ1v) is 7.94. The number of piperidine rings is 1. The van der Waals surface area contributed by atoms with Crippen molar-refractivity contribution in [1.29, 1.82) is 0 Å². The van der Waals surface area contributed by atoms with Gasteiger partial charge in [-0.05, 0) is 39.5 Å². The van der Waals surface area contributed by atoms with E-state index < -0.39 is 28.3 Å². The van der Waals surface area contributed by atoms with Crippen molar-refractivity contribution < 1.29 is 18.3 Å². The maximum absolute atomic E-state index is 12.6. The summed E-state index contributed by atoms with van der Waals surface area (Å²) in [5.74, 6) is -0.613. The van der Waals surface area contributed by atoms with Gasteiger partial charge in [0, 0.05) is 18.6 Å². The first-order chi connectivity index (χ1) is 8.55. The van der Waals surface area contributed by atoms with Gasteiger partial charge in [0.05, 0.1) is 0 Å². The smallest absolute Gasteiger partial charge is 0.318 e. The lowest BCUT2D eigenvalue weighted by Crippen LogP contribution is -2.55. The van der Waals surface area contributed by atoms with E-state index in [1.54, 1.807) is 20.8 Å². The van der Waals surface area contributed by atoms with Gasteiger partial charge in [0.25, 0.3) is 10.2 Å². The molecule has 1 heterocycles. The molecule has 7 heteroatoms. The molecule has 6 nitrogen and oxygen atoms in total. The Hall–Kier alpha value is -0.660. The molecule has 0 aliphatic carbocycles. The van der Waals surface area contributed by atoms with Crippen LogP contribution in [-0.2, 0) is 15.0 Å². The highest BCUT2D eigenvalue weighted by Gasteiger charge is 2.39. The monoisotopic (exact) mass is 292 g/mol. The molecule has 0 aromatic rings. The second kappa shape index (κ2) is 5.76. The van der Waals surface area contributed by atoms with Crippen LogP contribution in [0.5, 0.6) is 0 Å². The van der Waals surface area contributed by atoms with Crippen molar-refractivity contribution in [2.24, 2.45) is 5.92 Å². The third-order valence-electron chi connectivity index (χ3n) is 3.37. The number of carboxylic acid groups (broad SMARTS) is 1. The Morgan fingerprint density at radius 1 is 1.32 bits per heavy atom. The number of aliphatic carboxylic acids is 1. The summed E-state index contributed by atoms with van der Waals surface area (Å²) < 4.78 is 27.6. The fourth-order valence-electron chi connectivity index (χ4n) is 2.14. The maximum Gasteiger partial charge on any atom is 0.318 e. The third-order valence-corrected chi connectivity index (χ3v) is 5.63. The van der Waals surface area contributed by atoms with E-state index in [4.69, 9.17) is 5.11 Å². The van der Waals surface area contributed by atoms with Crippen LogP contribution in [-0.4, -0.2) is 53.3 Å². The highest BCUT2D eigenvalue weighted by atomic mass is 32.2. The number of hydrogen-bond acceptors (Lipinski definition) is 3. The lowest BCUT2D eigenvalue weighted by molar-refractivity contribution is -0.138. The van der Waals surface area contributed by atoms with E-state index in [1.165, 1.54) is 4.31 Å². The van der Waals surface area contributed by atoms with Crippen LogP contribution in [0.25, 0.3) is 0 Å². The first kappa shape index (κ1) is 16.4. The van der Waals surface area contributed by atoms with E-state index in [9.17, 15) is 13.2 Å². The van der Waals surface area contributed by atoms with Gasteiger partial charge in [-0.1, -0.05) is 6.92 Å². The van der Waals surface area contributed by atoms with Crippen LogP contribution in [0.15, 0.2) is 0 Å². The summed E-state index contributed by atoms with van der Waals surface area (Å²) in [5.41, 5.74) is -0.750. The van der Waals surface area contributed by atoms with Crippen molar-refractivity contribution >= 4 is 16.2 Å². The fraction of sp³-hybridized carbons (Fsp3) is 0.917. The predicted molar refractivity (Wildman–Crippen MR) is 73.0 cm³/mol. The van der Waals surface area contributed by atoms with Gasteiger partial charge in [0.1, 0.15) is 6.54 Å². The zero-order valence-corrected chi connectivity index (χ0v) is 12.9. The molecule has 0 unspecified atom stereocenters. The van der Waals surface area contributed by atoms with Crippen LogP contribution < -0.4 is 0 Å². The summed E-state index contributed by atoms with van der Waals surface area (Å²) in [6.45, 7) is 7.66. The molecule has 0 aromatic heterocycles. The van der Waals surface area contributed by atoms with Gasteiger partial charge in [-0.15, -0.1) is 0 Å². The molecule has 112 valence electrons. The molecule has 0 amide bonds. The first-order valence-electron chi connectivity index (χ1n) is 6.55. The third kappa shape index (κ3) is 4.15. The van der Waals surface area contributed by atoms with Crippen LogP contribution in [0.2, 0.25) is 0 Å². The van der Waals surface area contributed by atoms with Crippen molar-refractivity contribution in [2.75, 3.05) is 19.6 Å². The molecular formula is C12H24N2O4S. The molecule has 1 N–H and O–H groups in total. The van der Waals surface area contributed by atoms with Crippen LogP contribution in [0.3, 0.4) is 0 Å². The van der Waals surface area contributed by atoms with Crippen molar-refractivity contribution in [3.8, 4) is 0 Å². The van der Waals surface area contributed by atoms with Crippen molar-refractivity contribution in [3.63, 3.8) is 0 Å². The predicted octanol–water partition coefficient (Wildman–Crippen LogP) is 1.15. The summed E-state index contributed by atoms with van der Waals surface area (Å²) >= 11 is 0. The Bertz CT molecular complexity index is 420. The summed E-state index contributed by atoms with van der Waals surface area (Å²) in [6, 6.07) is 0. The average molecular weight is 292 g/mol. The van der Waals surface area contributed by atoms with Gasteiger partial charge in [0.15, 0.2) is 0 Å². The number of nitrogens with zero attached hydrogens (tertiary/aromatic N) is 2. The van der Waals surface area contributed by atoms with Gasteiger partial charge in [0.2, 0.25) is 0 Å². The van der Waals surface area contributed by atoms with Crippen LogP contribution in [0.1, 0.15) is 40.5 Å². The molecule has 0 bridgehead atoms. The Kier molecular flexibility index (Phi) is 4.97. The SMILES string of the molecule is CC1CCN(S(=O)(=O)N(CC(=O)O)C(C)(C)C)CC1. The van der Waals surface area contributed by atoms with Gasteiger partial charge in [-0.3, -0.25) is 4.79 Å². The molecule has 0 atom stereocenters. The Labute approximate surface area is 115 Å². The van der Waals surface area contributed by atoms with Crippen molar-refractivity contribution in [2.45, 2.75) is 46.1 Å². The molecule has 1 saturated heterocycles. The van der Waals surface area contributed by atoms with Crippen LogP contribution >= 0.6 is 0 Å². The van der Waals surface area contributed by atoms with Gasteiger partial charge in [-0.25, -0.2) is 0 Å². The van der Waals surface area contributed by atoms with E-state index in [1.807, 2.05) is 0 Å². The molecule has 0 spiro atoms. The molecule has 0 saturated carbocycles. The van der Waals surface area contributed by atoms with E-state index in [-0.39, 0.29) is 0 Å². The van der Waals surface area contributed by atoms with Crippen LogP contribution in [0.4, 0.5) is 0 Å². The number of hydrogen-bond donors (Lipinski definition) is 1. The molecule has 1 fully saturated rings. The van der Waals surface area contributed by atoms with Crippen LogP contribution in [0, 0.1) is 5.92 Å². The summed E-state index contributed by atoms with van der Waals surface area (Å²) in [7, 11) is -3.71. The lowest BCUT2D eigenvalue weighted by atomic mass is 10.0. The molecule has 0 radical (unpaired) electrons. The second-order valence-corrected chi connectivity index (χ2v) is 8.01. The number of carbonyl (C=O) groups is 1.